The van der Waals surface area contributed by atoms with E-state index in [1.807, 2.05) is 30.3 Å². The molecule has 4 heteroatoms. The van der Waals surface area contributed by atoms with E-state index in [0.29, 0.717) is 0 Å². The second-order valence-electron chi connectivity index (χ2n) is 6.70. The average molecular weight is 277 g/mol. The minimum Gasteiger partial charge on any atom is -0.403 e. The van der Waals surface area contributed by atoms with Gasteiger partial charge in [-0.05, 0) is 23.7 Å². The third-order valence-electron chi connectivity index (χ3n) is 4.25. The molecule has 2 atom stereocenters. The van der Waals surface area contributed by atoms with Gasteiger partial charge in [-0.2, -0.15) is 0 Å². The van der Waals surface area contributed by atoms with Crippen molar-refractivity contribution >= 4 is 14.2 Å². The highest BCUT2D eigenvalue weighted by molar-refractivity contribution is 6.74. The predicted molar refractivity (Wildman–Crippen MR) is 79.4 cm³/mol. The molecule has 0 aliphatic carbocycles. The number of hydrogen-bond acceptors (Lipinski definition) is 2. The molecule has 1 fully saturated rings. The quantitative estimate of drug-likeness (QED) is 0.680. The van der Waals surface area contributed by atoms with Crippen molar-refractivity contribution in [1.82, 2.24) is 5.32 Å². The molecule has 104 valence electrons. The van der Waals surface area contributed by atoms with Crippen LogP contribution >= 0.6 is 0 Å². The summed E-state index contributed by atoms with van der Waals surface area (Å²) in [5.74, 6) is 0.0127. The van der Waals surface area contributed by atoms with Crippen molar-refractivity contribution in [1.29, 1.82) is 0 Å². The molecular weight excluding hydrogens is 254 g/mol. The molecule has 0 aromatic heterocycles. The zero-order valence-electron chi connectivity index (χ0n) is 12.4. The monoisotopic (exact) mass is 277 g/mol. The number of amides is 1. The molecule has 1 N–H and O–H groups in total. The minimum absolute atomic E-state index is 0.00262. The molecule has 1 amide bonds. The number of nitrogens with one attached hydrogen (secondary N) is 1. The van der Waals surface area contributed by atoms with Gasteiger partial charge in [0.15, 0.2) is 8.32 Å². The molecule has 0 radical (unpaired) electrons. The summed E-state index contributed by atoms with van der Waals surface area (Å²) in [4.78, 5) is 11.8. The average Bonchev–Trinajstić information content (AvgIpc) is 2.33. The summed E-state index contributed by atoms with van der Waals surface area (Å²) < 4.78 is 6.24. The standard InChI is InChI=1S/C15H23NO2Si/c1-15(2,3)19(4,5)18-13-12(16-14(13)17)11-9-7-6-8-10-11/h6-10,12-13H,1-5H3,(H,16,17)/t12-,13+/m0/s1. The number of hydrogen-bond donors (Lipinski definition) is 1. The van der Waals surface area contributed by atoms with Gasteiger partial charge in [0, 0.05) is 0 Å². The van der Waals surface area contributed by atoms with Crippen molar-refractivity contribution in [3.05, 3.63) is 35.9 Å². The summed E-state index contributed by atoms with van der Waals surface area (Å²) in [5, 5.41) is 3.06. The van der Waals surface area contributed by atoms with E-state index in [4.69, 9.17) is 4.43 Å². The van der Waals surface area contributed by atoms with E-state index in [9.17, 15) is 4.79 Å². The van der Waals surface area contributed by atoms with Crippen LogP contribution in [0.2, 0.25) is 18.1 Å². The molecule has 1 aliphatic rings. The van der Waals surface area contributed by atoms with E-state index >= 15 is 0 Å². The first-order valence-corrected chi connectivity index (χ1v) is 9.66. The molecule has 1 heterocycles. The molecule has 19 heavy (non-hydrogen) atoms. The van der Waals surface area contributed by atoms with Gasteiger partial charge in [0.2, 0.25) is 0 Å². The van der Waals surface area contributed by atoms with Crippen LogP contribution in [0.3, 0.4) is 0 Å². The van der Waals surface area contributed by atoms with Gasteiger partial charge in [0.25, 0.3) is 5.91 Å². The van der Waals surface area contributed by atoms with Gasteiger partial charge in [-0.15, -0.1) is 0 Å². The molecule has 1 aromatic rings. The first kappa shape index (κ1) is 14.3. The summed E-state index contributed by atoms with van der Waals surface area (Å²) in [6.07, 6.45) is -0.330. The van der Waals surface area contributed by atoms with Crippen LogP contribution in [0.1, 0.15) is 32.4 Å². The van der Waals surface area contributed by atoms with Gasteiger partial charge < -0.3 is 9.74 Å². The van der Waals surface area contributed by atoms with Crippen molar-refractivity contribution in [2.45, 2.75) is 51.0 Å². The number of carbonyl (C=O) groups excluding carboxylic acids is 1. The Bertz CT molecular complexity index is 465. The van der Waals surface area contributed by atoms with Crippen LogP contribution in [0.5, 0.6) is 0 Å². The number of benzene rings is 1. The van der Waals surface area contributed by atoms with Crippen LogP contribution in [0.4, 0.5) is 0 Å². The largest absolute Gasteiger partial charge is 0.403 e. The first-order chi connectivity index (χ1) is 8.72. The predicted octanol–water partition coefficient (Wildman–Crippen LogP) is 3.25. The fraction of sp³-hybridized carbons (Fsp3) is 0.533. The van der Waals surface area contributed by atoms with E-state index in [1.54, 1.807) is 0 Å². The summed E-state index contributed by atoms with van der Waals surface area (Å²) in [6.45, 7) is 10.9. The molecule has 0 saturated carbocycles. The van der Waals surface area contributed by atoms with E-state index in [-0.39, 0.29) is 23.1 Å². The number of β-lactam (4-membered cyclic amide) rings is 1. The summed E-state index contributed by atoms with van der Waals surface area (Å²) in [6, 6.07) is 10.0. The van der Waals surface area contributed by atoms with Crippen molar-refractivity contribution in [3.63, 3.8) is 0 Å². The Balaban J connectivity index is 2.14. The van der Waals surface area contributed by atoms with E-state index in [0.717, 1.165) is 5.56 Å². The van der Waals surface area contributed by atoms with Crippen LogP contribution in [0, 0.1) is 0 Å². The summed E-state index contributed by atoms with van der Waals surface area (Å²) in [5.41, 5.74) is 1.12. The lowest BCUT2D eigenvalue weighted by molar-refractivity contribution is -0.141. The van der Waals surface area contributed by atoms with Gasteiger partial charge in [-0.1, -0.05) is 51.1 Å². The van der Waals surface area contributed by atoms with Gasteiger partial charge in [-0.25, -0.2) is 0 Å². The zero-order chi connectivity index (χ0) is 14.3. The fourth-order valence-corrected chi connectivity index (χ4v) is 3.13. The lowest BCUT2D eigenvalue weighted by Crippen LogP contribution is -2.61. The van der Waals surface area contributed by atoms with Gasteiger partial charge >= 0.3 is 0 Å². The van der Waals surface area contributed by atoms with Gasteiger partial charge in [0.1, 0.15) is 6.10 Å². The second-order valence-corrected chi connectivity index (χ2v) is 11.5. The van der Waals surface area contributed by atoms with Crippen molar-refractivity contribution < 1.29 is 9.22 Å². The zero-order valence-corrected chi connectivity index (χ0v) is 13.4. The molecule has 1 aliphatic heterocycles. The third kappa shape index (κ3) is 2.74. The molecule has 3 nitrogen and oxygen atoms in total. The topological polar surface area (TPSA) is 38.3 Å². The maximum atomic E-state index is 11.8. The molecule has 0 unspecified atom stereocenters. The second kappa shape index (κ2) is 4.76. The van der Waals surface area contributed by atoms with Gasteiger partial charge in [-0.3, -0.25) is 4.79 Å². The van der Waals surface area contributed by atoms with Gasteiger partial charge in [0.05, 0.1) is 6.04 Å². The lowest BCUT2D eigenvalue weighted by Gasteiger charge is -2.45. The molecule has 0 bridgehead atoms. The third-order valence-corrected chi connectivity index (χ3v) is 8.70. The molecule has 1 aromatic carbocycles. The lowest BCUT2D eigenvalue weighted by atomic mass is 9.94. The van der Waals surface area contributed by atoms with Crippen LogP contribution in [-0.4, -0.2) is 20.3 Å². The maximum Gasteiger partial charge on any atom is 0.251 e. The Morgan fingerprint density at radius 3 is 2.21 bits per heavy atom. The SMILES string of the molecule is CC(C)(C)[Si](C)(C)O[C@H]1C(=O)N[C@H]1c1ccccc1. The summed E-state index contributed by atoms with van der Waals surface area (Å²) >= 11 is 0. The number of carbonyl (C=O) groups is 1. The van der Waals surface area contributed by atoms with E-state index < -0.39 is 8.32 Å². The molecule has 2 rings (SSSR count). The highest BCUT2D eigenvalue weighted by atomic mass is 28.4. The van der Waals surface area contributed by atoms with Crippen molar-refractivity contribution in [3.8, 4) is 0 Å². The Morgan fingerprint density at radius 2 is 1.74 bits per heavy atom. The Labute approximate surface area is 116 Å². The highest BCUT2D eigenvalue weighted by Crippen LogP contribution is 2.40. The van der Waals surface area contributed by atoms with Crippen LogP contribution in [-0.2, 0) is 9.22 Å². The molecule has 0 spiro atoms. The van der Waals surface area contributed by atoms with E-state index in [1.165, 1.54) is 0 Å². The first-order valence-electron chi connectivity index (χ1n) is 6.75. The molecule has 1 saturated heterocycles. The van der Waals surface area contributed by atoms with Crippen LogP contribution in [0.15, 0.2) is 30.3 Å². The summed E-state index contributed by atoms with van der Waals surface area (Å²) in [7, 11) is -1.92. The Morgan fingerprint density at radius 1 is 1.16 bits per heavy atom. The van der Waals surface area contributed by atoms with Crippen molar-refractivity contribution in [2.24, 2.45) is 0 Å². The van der Waals surface area contributed by atoms with Crippen LogP contribution in [0.25, 0.3) is 0 Å². The van der Waals surface area contributed by atoms with Crippen molar-refractivity contribution in [2.75, 3.05) is 0 Å². The maximum absolute atomic E-state index is 11.8. The van der Waals surface area contributed by atoms with Crippen LogP contribution < -0.4 is 5.32 Å². The Hall–Kier alpha value is -1.13. The Kier molecular flexibility index (Phi) is 3.58. The molecular formula is C15H23NO2Si. The normalized spacial score (nSPS) is 23.7. The highest BCUT2D eigenvalue weighted by Gasteiger charge is 2.48. The number of rotatable bonds is 3. The minimum atomic E-state index is -1.92. The smallest absolute Gasteiger partial charge is 0.251 e. The fourth-order valence-electron chi connectivity index (χ4n) is 1.90. The van der Waals surface area contributed by atoms with E-state index in [2.05, 4.69) is 39.2 Å².